The molecule has 0 bridgehead atoms. The van der Waals surface area contributed by atoms with Crippen LogP contribution in [-0.2, 0) is 11.2 Å². The Morgan fingerprint density at radius 3 is 2.40 bits per heavy atom. The summed E-state index contributed by atoms with van der Waals surface area (Å²) in [5, 5.41) is 1.68. The Kier molecular flexibility index (Phi) is 5.31. The third kappa shape index (κ3) is 3.52. The van der Waals surface area contributed by atoms with Crippen LogP contribution in [-0.4, -0.2) is 76.9 Å². The van der Waals surface area contributed by atoms with Gasteiger partial charge in [-0.2, -0.15) is 0 Å². The summed E-state index contributed by atoms with van der Waals surface area (Å²) in [4.78, 5) is 38.5. The molecule has 0 spiro atoms. The first-order valence-electron chi connectivity index (χ1n) is 12.3. The van der Waals surface area contributed by atoms with Crippen LogP contribution in [0.25, 0.3) is 10.9 Å². The van der Waals surface area contributed by atoms with Gasteiger partial charge in [-0.05, 0) is 62.4 Å². The predicted octanol–water partition coefficient (Wildman–Crippen LogP) is 4.26. The number of aromatic amines is 1. The summed E-state index contributed by atoms with van der Waals surface area (Å²) in [5.74, 6) is -0.119. The van der Waals surface area contributed by atoms with E-state index >= 15 is 0 Å². The molecule has 1 N–H and O–H groups in total. The molecular formula is C27H30ClN5O2. The van der Waals surface area contributed by atoms with E-state index in [4.69, 9.17) is 11.6 Å². The quantitative estimate of drug-likeness (QED) is 0.556. The monoisotopic (exact) mass is 491 g/mol. The molecule has 0 radical (unpaired) electrons. The van der Waals surface area contributed by atoms with Gasteiger partial charge >= 0.3 is 6.03 Å². The number of carbonyl (C=O) groups is 2. The second kappa shape index (κ2) is 8.28. The molecule has 3 aromatic rings. The molecule has 6 rings (SSSR count). The van der Waals surface area contributed by atoms with Crippen molar-refractivity contribution in [1.82, 2.24) is 19.7 Å². The second-order valence-electron chi connectivity index (χ2n) is 10.2. The molecule has 3 amide bonds. The number of hydrogen-bond acceptors (Lipinski definition) is 4. The zero-order chi connectivity index (χ0) is 24.4. The summed E-state index contributed by atoms with van der Waals surface area (Å²) in [6.07, 6.45) is 0.485. The molecule has 0 saturated carbocycles. The lowest BCUT2D eigenvalue weighted by atomic mass is 9.88. The van der Waals surface area contributed by atoms with Gasteiger partial charge in [-0.3, -0.25) is 14.6 Å². The number of likely N-dealkylation sites (N-methyl/N-ethyl adjacent to an activating group) is 1. The number of rotatable bonds is 3. The Morgan fingerprint density at radius 1 is 1.00 bits per heavy atom. The number of benzene rings is 2. The van der Waals surface area contributed by atoms with E-state index in [-0.39, 0.29) is 24.0 Å². The van der Waals surface area contributed by atoms with Crippen molar-refractivity contribution in [2.45, 2.75) is 38.4 Å². The Bertz CT molecular complexity index is 1310. The topological polar surface area (TPSA) is 62.9 Å². The van der Waals surface area contributed by atoms with E-state index < -0.39 is 6.04 Å². The molecule has 2 aromatic carbocycles. The molecule has 0 aliphatic carbocycles. The first-order chi connectivity index (χ1) is 16.8. The molecule has 35 heavy (non-hydrogen) atoms. The number of carbonyl (C=O) groups excluding carboxylic acids is 2. The van der Waals surface area contributed by atoms with Crippen molar-refractivity contribution in [2.24, 2.45) is 0 Å². The normalized spacial score (nSPS) is 22.9. The Morgan fingerprint density at radius 2 is 1.71 bits per heavy atom. The van der Waals surface area contributed by atoms with Gasteiger partial charge in [0.15, 0.2) is 0 Å². The largest absolute Gasteiger partial charge is 0.369 e. The summed E-state index contributed by atoms with van der Waals surface area (Å²) in [5.41, 5.74) is 5.20. The van der Waals surface area contributed by atoms with Crippen molar-refractivity contribution in [3.05, 3.63) is 64.3 Å². The van der Waals surface area contributed by atoms with Crippen LogP contribution in [0, 0.1) is 0 Å². The van der Waals surface area contributed by atoms with E-state index in [0.29, 0.717) is 11.4 Å². The average Bonchev–Trinajstić information content (AvgIpc) is 3.32. The number of H-pyrrole nitrogens is 1. The number of fused-ring (bicyclic) bond motifs is 4. The lowest BCUT2D eigenvalue weighted by Gasteiger charge is -2.37. The third-order valence-electron chi connectivity index (χ3n) is 7.73. The van der Waals surface area contributed by atoms with Crippen molar-refractivity contribution in [3.8, 4) is 0 Å². The zero-order valence-corrected chi connectivity index (χ0v) is 21.0. The molecule has 3 aliphatic heterocycles. The molecule has 2 atom stereocenters. The molecular weight excluding hydrogens is 462 g/mol. The predicted molar refractivity (Wildman–Crippen MR) is 138 cm³/mol. The van der Waals surface area contributed by atoms with Crippen molar-refractivity contribution in [1.29, 1.82) is 0 Å². The molecule has 182 valence electrons. The van der Waals surface area contributed by atoms with Crippen LogP contribution in [0.1, 0.15) is 36.7 Å². The Hall–Kier alpha value is -3.03. The van der Waals surface area contributed by atoms with E-state index in [1.165, 1.54) is 10.6 Å². The highest BCUT2D eigenvalue weighted by atomic mass is 35.5. The highest BCUT2D eigenvalue weighted by Gasteiger charge is 2.53. The van der Waals surface area contributed by atoms with Gasteiger partial charge in [-0.1, -0.05) is 23.7 Å². The average molecular weight is 492 g/mol. The van der Waals surface area contributed by atoms with Gasteiger partial charge in [0.05, 0.1) is 0 Å². The minimum atomic E-state index is -0.516. The van der Waals surface area contributed by atoms with Gasteiger partial charge in [0, 0.05) is 65.9 Å². The van der Waals surface area contributed by atoms with Crippen molar-refractivity contribution in [3.63, 3.8) is 0 Å². The number of nitrogens with zero attached hydrogens (tertiary/aromatic N) is 4. The number of imide groups is 1. The van der Waals surface area contributed by atoms with Crippen LogP contribution in [0.5, 0.6) is 0 Å². The third-order valence-corrected chi connectivity index (χ3v) is 7.96. The summed E-state index contributed by atoms with van der Waals surface area (Å²) < 4.78 is 0. The van der Waals surface area contributed by atoms with Gasteiger partial charge in [-0.15, -0.1) is 0 Å². The Balaban J connectivity index is 1.45. The number of halogens is 1. The van der Waals surface area contributed by atoms with E-state index in [0.717, 1.165) is 53.9 Å². The second-order valence-corrected chi connectivity index (χ2v) is 10.6. The van der Waals surface area contributed by atoms with Crippen LogP contribution in [0.4, 0.5) is 10.5 Å². The minimum absolute atomic E-state index is 0.119. The first kappa shape index (κ1) is 22.4. The molecule has 4 heterocycles. The highest BCUT2D eigenvalue weighted by molar-refractivity contribution is 6.31. The molecule has 2 fully saturated rings. The van der Waals surface area contributed by atoms with Crippen molar-refractivity contribution < 1.29 is 9.59 Å². The summed E-state index contributed by atoms with van der Waals surface area (Å²) in [6, 6.07) is 13.0. The molecule has 8 heteroatoms. The Labute approximate surface area is 210 Å². The van der Waals surface area contributed by atoms with Crippen molar-refractivity contribution >= 4 is 40.1 Å². The number of urea groups is 1. The SMILES string of the molecule is CC(C)N1C(=O)C2Cc3c([nH]c4ccc(Cl)cc34)C(c3ccc(N4CCN(C)CC4)cc3)N2C1=O. The molecule has 2 saturated heterocycles. The number of hydrogen-bond donors (Lipinski definition) is 1. The van der Waals surface area contributed by atoms with E-state index in [1.54, 1.807) is 4.90 Å². The number of aromatic nitrogens is 1. The van der Waals surface area contributed by atoms with E-state index in [9.17, 15) is 9.59 Å². The zero-order valence-electron chi connectivity index (χ0n) is 20.3. The molecule has 1 aromatic heterocycles. The lowest BCUT2D eigenvalue weighted by Crippen LogP contribution is -2.45. The molecule has 3 aliphatic rings. The fourth-order valence-electron chi connectivity index (χ4n) is 5.87. The number of nitrogens with one attached hydrogen (secondary N) is 1. The van der Waals surface area contributed by atoms with Crippen LogP contribution in [0.3, 0.4) is 0 Å². The first-order valence-corrected chi connectivity index (χ1v) is 12.7. The number of piperazine rings is 1. The van der Waals surface area contributed by atoms with E-state index in [1.807, 2.05) is 32.0 Å². The fraction of sp³-hybridized carbons (Fsp3) is 0.407. The maximum Gasteiger partial charge on any atom is 0.328 e. The van der Waals surface area contributed by atoms with Crippen LogP contribution in [0.15, 0.2) is 42.5 Å². The maximum absolute atomic E-state index is 13.6. The van der Waals surface area contributed by atoms with Gasteiger partial charge in [0.1, 0.15) is 12.1 Å². The standard InChI is InChI=1S/C27H30ClN5O2/c1-16(2)32-26(34)23-15-21-20-14-18(28)6-9-22(20)29-24(21)25(33(23)27(32)35)17-4-7-19(8-5-17)31-12-10-30(3)11-13-31/h4-9,14,16,23,25,29H,10-13,15H2,1-3H3. The van der Waals surface area contributed by atoms with Crippen LogP contribution >= 0.6 is 11.6 Å². The van der Waals surface area contributed by atoms with Gasteiger partial charge in [-0.25, -0.2) is 4.79 Å². The van der Waals surface area contributed by atoms with Crippen molar-refractivity contribution in [2.75, 3.05) is 38.1 Å². The maximum atomic E-state index is 13.6. The molecule has 7 nitrogen and oxygen atoms in total. The van der Waals surface area contributed by atoms with Gasteiger partial charge in [0.2, 0.25) is 0 Å². The number of amides is 3. The van der Waals surface area contributed by atoms with Gasteiger partial charge < -0.3 is 14.8 Å². The van der Waals surface area contributed by atoms with Gasteiger partial charge in [0.25, 0.3) is 5.91 Å². The highest BCUT2D eigenvalue weighted by Crippen LogP contribution is 2.45. The lowest BCUT2D eigenvalue weighted by molar-refractivity contribution is -0.129. The van der Waals surface area contributed by atoms with Crippen LogP contribution < -0.4 is 4.90 Å². The fourth-order valence-corrected chi connectivity index (χ4v) is 6.04. The summed E-state index contributed by atoms with van der Waals surface area (Å²) in [7, 11) is 2.15. The number of anilines is 1. The molecule has 2 unspecified atom stereocenters. The van der Waals surface area contributed by atoms with Crippen LogP contribution in [0.2, 0.25) is 5.02 Å². The van der Waals surface area contributed by atoms with E-state index in [2.05, 4.69) is 46.1 Å². The summed E-state index contributed by atoms with van der Waals surface area (Å²) in [6.45, 7) is 7.86. The summed E-state index contributed by atoms with van der Waals surface area (Å²) >= 11 is 6.34. The smallest absolute Gasteiger partial charge is 0.328 e. The minimum Gasteiger partial charge on any atom is -0.369 e.